The third-order valence-electron chi connectivity index (χ3n) is 2.31. The van der Waals surface area contributed by atoms with Crippen LogP contribution in [0, 0.1) is 0 Å². The van der Waals surface area contributed by atoms with E-state index in [4.69, 9.17) is 18.9 Å². The van der Waals surface area contributed by atoms with Gasteiger partial charge >= 0.3 is 17.9 Å². The van der Waals surface area contributed by atoms with Crippen LogP contribution in [0.25, 0.3) is 0 Å². The summed E-state index contributed by atoms with van der Waals surface area (Å²) in [6.07, 6.45) is -4.82. The van der Waals surface area contributed by atoms with Gasteiger partial charge in [0.2, 0.25) is 6.29 Å². The summed E-state index contributed by atoms with van der Waals surface area (Å²) in [5.41, 5.74) is 0. The molecule has 1 fully saturated rings. The summed E-state index contributed by atoms with van der Waals surface area (Å²) >= 11 is 0. The van der Waals surface area contributed by atoms with Gasteiger partial charge in [0.15, 0.2) is 12.2 Å². The highest BCUT2D eigenvalue weighted by molar-refractivity contribution is 5.67. The third-order valence-corrected chi connectivity index (χ3v) is 2.31. The zero-order valence-corrected chi connectivity index (χ0v) is 10.8. The fourth-order valence-corrected chi connectivity index (χ4v) is 1.65. The summed E-state index contributed by atoms with van der Waals surface area (Å²) < 4.78 is 19.6. The van der Waals surface area contributed by atoms with Crippen molar-refractivity contribution in [3.63, 3.8) is 0 Å². The molecule has 1 N–H and O–H groups in total. The zero-order valence-electron chi connectivity index (χ0n) is 10.8. The Hall–Kier alpha value is -1.67. The molecule has 1 aliphatic rings. The summed E-state index contributed by atoms with van der Waals surface area (Å²) in [5.74, 6) is -1.95. The van der Waals surface area contributed by atoms with Gasteiger partial charge in [-0.1, -0.05) is 0 Å². The fraction of sp³-hybridized carbons (Fsp3) is 0.727. The number of carbonyl (C=O) groups is 3. The van der Waals surface area contributed by atoms with Gasteiger partial charge in [-0.3, -0.25) is 14.4 Å². The largest absolute Gasteiger partial charge is 0.457 e. The number of hydrogen-bond acceptors (Lipinski definition) is 8. The molecule has 1 heterocycles. The van der Waals surface area contributed by atoms with Crippen LogP contribution in [0.15, 0.2) is 0 Å². The van der Waals surface area contributed by atoms with Gasteiger partial charge in [-0.25, -0.2) is 0 Å². The molecular weight excluding hydrogens is 260 g/mol. The van der Waals surface area contributed by atoms with Crippen LogP contribution in [0.5, 0.6) is 0 Å². The van der Waals surface area contributed by atoms with Crippen molar-refractivity contribution in [2.45, 2.75) is 45.4 Å². The zero-order chi connectivity index (χ0) is 14.6. The van der Waals surface area contributed by atoms with E-state index in [1.165, 1.54) is 6.92 Å². The predicted molar refractivity (Wildman–Crippen MR) is 58.6 cm³/mol. The average molecular weight is 276 g/mol. The maximum Gasteiger partial charge on any atom is 0.305 e. The van der Waals surface area contributed by atoms with Gasteiger partial charge in [0.05, 0.1) is 6.61 Å². The number of carbonyl (C=O) groups excluding carboxylic acids is 3. The topological polar surface area (TPSA) is 108 Å². The van der Waals surface area contributed by atoms with E-state index >= 15 is 0 Å². The average Bonchev–Trinajstić information content (AvgIpc) is 2.26. The smallest absolute Gasteiger partial charge is 0.305 e. The van der Waals surface area contributed by atoms with E-state index in [2.05, 4.69) is 0 Å². The molecule has 0 radical (unpaired) electrons. The number of aliphatic hydroxyl groups is 1. The first-order valence-electron chi connectivity index (χ1n) is 5.62. The van der Waals surface area contributed by atoms with Crippen LogP contribution in [0.3, 0.4) is 0 Å². The van der Waals surface area contributed by atoms with Crippen LogP contribution >= 0.6 is 0 Å². The third kappa shape index (κ3) is 4.49. The minimum atomic E-state index is -1.34. The van der Waals surface area contributed by atoms with Gasteiger partial charge in [0.1, 0.15) is 6.10 Å². The van der Waals surface area contributed by atoms with Gasteiger partial charge < -0.3 is 24.1 Å². The molecule has 0 saturated carbocycles. The molecule has 0 spiro atoms. The molecule has 108 valence electrons. The first kappa shape index (κ1) is 15.4. The van der Waals surface area contributed by atoms with E-state index < -0.39 is 42.5 Å². The van der Waals surface area contributed by atoms with Crippen molar-refractivity contribution in [1.29, 1.82) is 0 Å². The van der Waals surface area contributed by atoms with Crippen LogP contribution in [0.2, 0.25) is 0 Å². The quantitative estimate of drug-likeness (QED) is 0.523. The van der Waals surface area contributed by atoms with E-state index in [0.717, 1.165) is 13.8 Å². The number of rotatable bonds is 3. The monoisotopic (exact) mass is 276 g/mol. The lowest BCUT2D eigenvalue weighted by Crippen LogP contribution is -2.56. The molecule has 1 rings (SSSR count). The Kier molecular flexibility index (Phi) is 5.25. The van der Waals surface area contributed by atoms with Crippen LogP contribution in [-0.4, -0.2) is 54.2 Å². The second kappa shape index (κ2) is 6.48. The Balaban J connectivity index is 2.79. The summed E-state index contributed by atoms with van der Waals surface area (Å²) in [5, 5.41) is 9.98. The Morgan fingerprint density at radius 1 is 1.00 bits per heavy atom. The van der Waals surface area contributed by atoms with Gasteiger partial charge in [-0.05, 0) is 0 Å². The highest BCUT2D eigenvalue weighted by Gasteiger charge is 2.45. The summed E-state index contributed by atoms with van der Waals surface area (Å²) in [6, 6.07) is 0. The van der Waals surface area contributed by atoms with Crippen molar-refractivity contribution >= 4 is 17.9 Å². The van der Waals surface area contributed by atoms with Crippen molar-refractivity contribution in [1.82, 2.24) is 0 Å². The van der Waals surface area contributed by atoms with Gasteiger partial charge in [-0.2, -0.15) is 0 Å². The molecule has 0 aromatic heterocycles. The molecule has 8 nitrogen and oxygen atoms in total. The molecule has 0 unspecified atom stereocenters. The first-order chi connectivity index (χ1) is 8.81. The first-order valence-corrected chi connectivity index (χ1v) is 5.62. The van der Waals surface area contributed by atoms with Crippen LogP contribution in [0.4, 0.5) is 0 Å². The van der Waals surface area contributed by atoms with Crippen molar-refractivity contribution in [3.8, 4) is 0 Å². The Labute approximate surface area is 109 Å². The molecule has 0 amide bonds. The lowest BCUT2D eigenvalue weighted by molar-refractivity contribution is -0.270. The van der Waals surface area contributed by atoms with E-state index in [1.807, 2.05) is 0 Å². The Morgan fingerprint density at radius 3 is 2.00 bits per heavy atom. The summed E-state index contributed by atoms with van der Waals surface area (Å²) in [7, 11) is 0. The normalized spacial score (nSPS) is 30.3. The van der Waals surface area contributed by atoms with Crippen LogP contribution in [0.1, 0.15) is 20.8 Å². The molecule has 1 aliphatic heterocycles. The number of ether oxygens (including phenoxy) is 4. The minimum Gasteiger partial charge on any atom is -0.457 e. The van der Waals surface area contributed by atoms with E-state index in [9.17, 15) is 19.5 Å². The standard InChI is InChI=1S/C11H16O8/c1-5(12)17-8-4-16-11(19-7(3)14)10(9(8)15)18-6(2)13/h8-11,15H,4H2,1-3H3/t8-,9+,10+,11-/m1/s1. The predicted octanol–water partition coefficient (Wildman–Crippen LogP) is -0.870. The van der Waals surface area contributed by atoms with E-state index in [0.29, 0.717) is 0 Å². The number of aliphatic hydroxyl groups excluding tert-OH is 1. The van der Waals surface area contributed by atoms with Crippen LogP contribution in [-0.2, 0) is 33.3 Å². The molecule has 8 heteroatoms. The van der Waals surface area contributed by atoms with Gasteiger partial charge in [-0.15, -0.1) is 0 Å². The van der Waals surface area contributed by atoms with E-state index in [-0.39, 0.29) is 6.61 Å². The SMILES string of the molecule is CC(=O)O[C@H]1OC[C@@H](OC(C)=O)[C@H](O)[C@@H]1OC(C)=O. The molecule has 0 bridgehead atoms. The second-order valence-electron chi connectivity index (χ2n) is 4.02. The molecule has 0 aliphatic carbocycles. The summed E-state index contributed by atoms with van der Waals surface area (Å²) in [4.78, 5) is 32.7. The molecular formula is C11H16O8. The van der Waals surface area contributed by atoms with Crippen molar-refractivity contribution in [2.24, 2.45) is 0 Å². The molecule has 1 saturated heterocycles. The highest BCUT2D eigenvalue weighted by Crippen LogP contribution is 2.22. The lowest BCUT2D eigenvalue weighted by Gasteiger charge is -2.37. The summed E-state index contributed by atoms with van der Waals surface area (Å²) in [6.45, 7) is 3.29. The molecule has 19 heavy (non-hydrogen) atoms. The highest BCUT2D eigenvalue weighted by atomic mass is 16.7. The van der Waals surface area contributed by atoms with Crippen molar-refractivity contribution < 1.29 is 38.4 Å². The number of esters is 3. The van der Waals surface area contributed by atoms with E-state index in [1.54, 1.807) is 0 Å². The van der Waals surface area contributed by atoms with Crippen molar-refractivity contribution in [3.05, 3.63) is 0 Å². The van der Waals surface area contributed by atoms with Crippen LogP contribution < -0.4 is 0 Å². The number of hydrogen-bond donors (Lipinski definition) is 1. The minimum absolute atomic E-state index is 0.170. The Morgan fingerprint density at radius 2 is 1.53 bits per heavy atom. The maximum absolute atomic E-state index is 11.0. The lowest BCUT2D eigenvalue weighted by atomic mass is 10.0. The maximum atomic E-state index is 11.0. The second-order valence-corrected chi connectivity index (χ2v) is 4.02. The van der Waals surface area contributed by atoms with Gasteiger partial charge in [0, 0.05) is 20.8 Å². The van der Waals surface area contributed by atoms with Gasteiger partial charge in [0.25, 0.3) is 0 Å². The fourth-order valence-electron chi connectivity index (χ4n) is 1.65. The van der Waals surface area contributed by atoms with Crippen molar-refractivity contribution in [2.75, 3.05) is 6.61 Å². The molecule has 0 aromatic carbocycles. The molecule has 4 atom stereocenters. The Bertz CT molecular complexity index is 366. The molecule has 0 aromatic rings.